The highest BCUT2D eigenvalue weighted by molar-refractivity contribution is 6.10. The molecule has 2 aromatic heterocycles. The Morgan fingerprint density at radius 3 is 2.82 bits per heavy atom. The van der Waals surface area contributed by atoms with Gasteiger partial charge in [-0.1, -0.05) is 24.3 Å². The van der Waals surface area contributed by atoms with Crippen molar-refractivity contribution in [3.63, 3.8) is 0 Å². The van der Waals surface area contributed by atoms with E-state index >= 15 is 0 Å². The molecule has 104 valence electrons. The normalized spacial score (nSPS) is 12.6. The lowest BCUT2D eigenvalue weighted by atomic mass is 9.87. The highest BCUT2D eigenvalue weighted by Crippen LogP contribution is 2.39. The second-order valence-corrected chi connectivity index (χ2v) is 5.64. The van der Waals surface area contributed by atoms with E-state index in [2.05, 4.69) is 23.2 Å². The van der Waals surface area contributed by atoms with Crippen molar-refractivity contribution in [2.45, 2.75) is 6.42 Å². The average Bonchev–Trinajstić information content (AvgIpc) is 2.56. The topological polar surface area (TPSA) is 25.8 Å². The highest BCUT2D eigenvalue weighted by atomic mass is 19.1. The molecule has 0 saturated heterocycles. The van der Waals surface area contributed by atoms with Gasteiger partial charge in [0.1, 0.15) is 5.82 Å². The van der Waals surface area contributed by atoms with Gasteiger partial charge in [-0.2, -0.15) is 0 Å². The molecule has 0 aliphatic heterocycles. The van der Waals surface area contributed by atoms with Gasteiger partial charge in [-0.3, -0.25) is 9.97 Å². The van der Waals surface area contributed by atoms with E-state index in [0.29, 0.717) is 0 Å². The van der Waals surface area contributed by atoms with E-state index < -0.39 is 0 Å². The minimum atomic E-state index is -0.256. The Morgan fingerprint density at radius 2 is 1.86 bits per heavy atom. The third-order valence-electron chi connectivity index (χ3n) is 4.37. The van der Waals surface area contributed by atoms with E-state index in [9.17, 15) is 4.39 Å². The first kappa shape index (κ1) is 11.8. The zero-order valence-electron chi connectivity index (χ0n) is 11.7. The van der Waals surface area contributed by atoms with Crippen molar-refractivity contribution in [3.05, 3.63) is 71.8 Å². The first-order valence-electron chi connectivity index (χ1n) is 7.26. The summed E-state index contributed by atoms with van der Waals surface area (Å²) in [5.41, 5.74) is 6.30. The lowest BCUT2D eigenvalue weighted by Crippen LogP contribution is -2.04. The summed E-state index contributed by atoms with van der Waals surface area (Å²) in [5.74, 6) is -0.256. The van der Waals surface area contributed by atoms with Crippen molar-refractivity contribution in [2.24, 2.45) is 0 Å². The van der Waals surface area contributed by atoms with Gasteiger partial charge in [0.05, 0.1) is 16.7 Å². The molecule has 2 nitrogen and oxygen atoms in total. The smallest absolute Gasteiger partial charge is 0.124 e. The Balaban J connectivity index is 2.02. The minimum Gasteiger partial charge on any atom is -0.255 e. The molecule has 3 heteroatoms. The molecule has 0 radical (unpaired) electrons. The van der Waals surface area contributed by atoms with E-state index in [1.807, 2.05) is 12.1 Å². The summed E-state index contributed by atoms with van der Waals surface area (Å²) in [4.78, 5) is 9.29. The Labute approximate surface area is 126 Å². The largest absolute Gasteiger partial charge is 0.255 e. The van der Waals surface area contributed by atoms with Gasteiger partial charge in [0.15, 0.2) is 0 Å². The molecule has 0 unspecified atom stereocenters. The average molecular weight is 286 g/mol. The molecule has 0 N–H and O–H groups in total. The summed E-state index contributed by atoms with van der Waals surface area (Å²) in [6, 6.07) is 15.1. The van der Waals surface area contributed by atoms with Gasteiger partial charge < -0.3 is 0 Å². The van der Waals surface area contributed by atoms with Crippen LogP contribution in [0.25, 0.3) is 32.9 Å². The number of nitrogens with zero attached hydrogens (tertiary/aromatic N) is 2. The molecule has 0 spiro atoms. The summed E-state index contributed by atoms with van der Waals surface area (Å²) in [7, 11) is 0. The summed E-state index contributed by atoms with van der Waals surface area (Å²) in [5, 5.41) is 1.83. The highest BCUT2D eigenvalue weighted by Gasteiger charge is 2.21. The number of rotatable bonds is 0. The summed E-state index contributed by atoms with van der Waals surface area (Å²) >= 11 is 0. The van der Waals surface area contributed by atoms with Crippen LogP contribution in [0, 0.1) is 5.82 Å². The standard InChI is InChI=1S/C19H11FN2/c20-12-5-6-16-15(10-12)19-18-14(7-8-21-19)13-4-2-1-3-11(13)9-17(18)22-16/h1-8,10H,9H2. The van der Waals surface area contributed by atoms with Crippen LogP contribution >= 0.6 is 0 Å². The molecule has 5 rings (SSSR count). The molecule has 0 saturated carbocycles. The molecule has 4 aromatic rings. The minimum absolute atomic E-state index is 0.256. The van der Waals surface area contributed by atoms with E-state index in [4.69, 9.17) is 4.98 Å². The van der Waals surface area contributed by atoms with Crippen molar-refractivity contribution in [3.8, 4) is 11.1 Å². The van der Waals surface area contributed by atoms with E-state index in [1.165, 1.54) is 23.3 Å². The molecule has 0 fully saturated rings. The maximum absolute atomic E-state index is 13.6. The van der Waals surface area contributed by atoms with Gasteiger partial charge in [-0.25, -0.2) is 4.39 Å². The van der Waals surface area contributed by atoms with Crippen LogP contribution in [0.15, 0.2) is 54.7 Å². The van der Waals surface area contributed by atoms with Gasteiger partial charge in [-0.05, 0) is 41.0 Å². The van der Waals surface area contributed by atoms with Gasteiger partial charge >= 0.3 is 0 Å². The molecule has 2 aromatic carbocycles. The molecular weight excluding hydrogens is 275 g/mol. The number of hydrogen-bond donors (Lipinski definition) is 0. The van der Waals surface area contributed by atoms with Gasteiger partial charge in [-0.15, -0.1) is 0 Å². The molecular formula is C19H11FN2. The summed E-state index contributed by atoms with van der Waals surface area (Å²) in [6.45, 7) is 0. The van der Waals surface area contributed by atoms with Gasteiger partial charge in [0, 0.05) is 23.4 Å². The van der Waals surface area contributed by atoms with Crippen molar-refractivity contribution in [2.75, 3.05) is 0 Å². The molecule has 0 atom stereocenters. The van der Waals surface area contributed by atoms with E-state index in [0.717, 1.165) is 39.5 Å². The van der Waals surface area contributed by atoms with Crippen LogP contribution in [0.4, 0.5) is 4.39 Å². The fourth-order valence-electron chi connectivity index (χ4n) is 3.42. The van der Waals surface area contributed by atoms with Crippen molar-refractivity contribution in [1.29, 1.82) is 0 Å². The molecule has 1 aliphatic rings. The predicted octanol–water partition coefficient (Wildman–Crippen LogP) is 4.49. The Morgan fingerprint density at radius 1 is 0.955 bits per heavy atom. The van der Waals surface area contributed by atoms with Crippen LogP contribution < -0.4 is 0 Å². The number of benzene rings is 2. The van der Waals surface area contributed by atoms with Crippen LogP contribution in [-0.2, 0) is 6.42 Å². The number of aromatic nitrogens is 2. The maximum Gasteiger partial charge on any atom is 0.124 e. The van der Waals surface area contributed by atoms with Gasteiger partial charge in [0.25, 0.3) is 0 Å². The monoisotopic (exact) mass is 286 g/mol. The SMILES string of the molecule is Fc1ccc2nc3c4c(ccnc4c2c1)-c1ccccc1C3. The van der Waals surface area contributed by atoms with Crippen molar-refractivity contribution < 1.29 is 4.39 Å². The molecule has 2 heterocycles. The summed E-state index contributed by atoms with van der Waals surface area (Å²) < 4.78 is 13.6. The van der Waals surface area contributed by atoms with Crippen LogP contribution in [-0.4, -0.2) is 9.97 Å². The Bertz CT molecular complexity index is 1070. The third kappa shape index (κ3) is 1.48. The first-order valence-corrected chi connectivity index (χ1v) is 7.26. The number of pyridine rings is 2. The molecule has 22 heavy (non-hydrogen) atoms. The second kappa shape index (κ2) is 4.10. The molecule has 1 aliphatic carbocycles. The zero-order valence-corrected chi connectivity index (χ0v) is 11.7. The molecule has 0 amide bonds. The fraction of sp³-hybridized carbons (Fsp3) is 0.0526. The summed E-state index contributed by atoms with van der Waals surface area (Å²) in [6.07, 6.45) is 2.59. The van der Waals surface area contributed by atoms with Crippen molar-refractivity contribution in [1.82, 2.24) is 9.97 Å². The first-order chi connectivity index (χ1) is 10.8. The number of halogens is 1. The predicted molar refractivity (Wildman–Crippen MR) is 85.2 cm³/mol. The second-order valence-electron chi connectivity index (χ2n) is 5.64. The number of hydrogen-bond acceptors (Lipinski definition) is 2. The Hall–Kier alpha value is -2.81. The number of fused-ring (bicyclic) bond motifs is 4. The maximum atomic E-state index is 13.6. The zero-order chi connectivity index (χ0) is 14.7. The lowest BCUT2D eigenvalue weighted by Gasteiger charge is -2.20. The van der Waals surface area contributed by atoms with E-state index in [1.54, 1.807) is 12.3 Å². The third-order valence-corrected chi connectivity index (χ3v) is 4.37. The van der Waals surface area contributed by atoms with Gasteiger partial charge in [0.2, 0.25) is 0 Å². The Kier molecular flexibility index (Phi) is 2.20. The fourth-order valence-corrected chi connectivity index (χ4v) is 3.42. The van der Waals surface area contributed by atoms with E-state index in [-0.39, 0.29) is 5.82 Å². The van der Waals surface area contributed by atoms with Crippen LogP contribution in [0.1, 0.15) is 11.3 Å². The quantitative estimate of drug-likeness (QED) is 0.392. The van der Waals surface area contributed by atoms with Crippen LogP contribution in [0.2, 0.25) is 0 Å². The van der Waals surface area contributed by atoms with Crippen LogP contribution in [0.3, 0.4) is 0 Å². The lowest BCUT2D eigenvalue weighted by molar-refractivity contribution is 0.629. The van der Waals surface area contributed by atoms with Crippen LogP contribution in [0.5, 0.6) is 0 Å². The molecule has 0 bridgehead atoms. The van der Waals surface area contributed by atoms with Crippen molar-refractivity contribution >= 4 is 21.8 Å².